The molecule has 0 bridgehead atoms. The highest BCUT2D eigenvalue weighted by Gasteiger charge is 2.34. The van der Waals surface area contributed by atoms with Gasteiger partial charge >= 0.3 is 0 Å². The topological polar surface area (TPSA) is 61.9 Å². The Morgan fingerprint density at radius 2 is 1.80 bits per heavy atom. The second kappa shape index (κ2) is 10.4. The number of hydrogen-bond donors (Lipinski definition) is 1. The van der Waals surface area contributed by atoms with E-state index in [-0.39, 0.29) is 36.0 Å². The minimum absolute atomic E-state index is 0.0608. The fourth-order valence-corrected chi connectivity index (χ4v) is 4.76. The van der Waals surface area contributed by atoms with E-state index >= 15 is 0 Å². The molecule has 6 heteroatoms. The first-order chi connectivity index (χ1) is 14.3. The van der Waals surface area contributed by atoms with Gasteiger partial charge in [0.2, 0.25) is 11.8 Å². The summed E-state index contributed by atoms with van der Waals surface area (Å²) < 4.78 is 5.81. The summed E-state index contributed by atoms with van der Waals surface area (Å²) >= 11 is 0. The molecule has 0 saturated carbocycles. The summed E-state index contributed by atoms with van der Waals surface area (Å²) in [6, 6.07) is 8.18. The Kier molecular flexibility index (Phi) is 7.89. The Bertz CT molecular complexity index is 726. The summed E-state index contributed by atoms with van der Waals surface area (Å²) in [5, 5.41) is 3.07. The molecule has 3 unspecified atom stereocenters. The molecule has 1 saturated heterocycles. The Morgan fingerprint density at radius 3 is 2.47 bits per heavy atom. The monoisotopic (exact) mass is 415 g/mol. The molecule has 2 amide bonds. The smallest absolute Gasteiger partial charge is 0.237 e. The van der Waals surface area contributed by atoms with Gasteiger partial charge in [0, 0.05) is 39.1 Å². The van der Waals surface area contributed by atoms with Crippen LogP contribution in [-0.2, 0) is 27.3 Å². The van der Waals surface area contributed by atoms with Gasteiger partial charge in [-0.3, -0.25) is 14.5 Å². The summed E-state index contributed by atoms with van der Waals surface area (Å²) in [7, 11) is 0. The highest BCUT2D eigenvalue weighted by molar-refractivity contribution is 5.82. The van der Waals surface area contributed by atoms with Crippen molar-refractivity contribution in [2.45, 2.75) is 71.8 Å². The third-order valence-corrected chi connectivity index (χ3v) is 6.09. The average Bonchev–Trinajstić information content (AvgIpc) is 2.69. The van der Waals surface area contributed by atoms with E-state index in [1.165, 1.54) is 11.1 Å². The van der Waals surface area contributed by atoms with Gasteiger partial charge < -0.3 is 15.0 Å². The van der Waals surface area contributed by atoms with E-state index in [4.69, 9.17) is 4.74 Å². The summed E-state index contributed by atoms with van der Waals surface area (Å²) in [6.45, 7) is 11.9. The second-order valence-corrected chi connectivity index (χ2v) is 9.13. The molecule has 30 heavy (non-hydrogen) atoms. The van der Waals surface area contributed by atoms with E-state index < -0.39 is 0 Å². The number of nitrogens with one attached hydrogen (secondary N) is 1. The molecular weight excluding hydrogens is 378 g/mol. The lowest BCUT2D eigenvalue weighted by Gasteiger charge is -2.41. The minimum Gasteiger partial charge on any atom is -0.373 e. The Balaban J connectivity index is 1.44. The van der Waals surface area contributed by atoms with Gasteiger partial charge in [-0.1, -0.05) is 38.1 Å². The molecule has 0 aliphatic carbocycles. The van der Waals surface area contributed by atoms with Crippen LogP contribution in [0.3, 0.4) is 0 Å². The maximum atomic E-state index is 12.9. The van der Waals surface area contributed by atoms with Crippen LogP contribution in [0.5, 0.6) is 0 Å². The summed E-state index contributed by atoms with van der Waals surface area (Å²) in [4.78, 5) is 29.7. The van der Waals surface area contributed by atoms with Crippen molar-refractivity contribution in [3.8, 4) is 0 Å². The molecule has 1 aromatic carbocycles. The molecule has 166 valence electrons. The highest BCUT2D eigenvalue weighted by atomic mass is 16.5. The highest BCUT2D eigenvalue weighted by Crippen LogP contribution is 2.20. The van der Waals surface area contributed by atoms with E-state index in [2.05, 4.69) is 56.1 Å². The maximum Gasteiger partial charge on any atom is 0.237 e. The van der Waals surface area contributed by atoms with E-state index in [9.17, 15) is 9.59 Å². The van der Waals surface area contributed by atoms with Crippen molar-refractivity contribution in [3.05, 3.63) is 35.4 Å². The zero-order valence-electron chi connectivity index (χ0n) is 18.9. The van der Waals surface area contributed by atoms with Gasteiger partial charge in [-0.2, -0.15) is 0 Å². The second-order valence-electron chi connectivity index (χ2n) is 9.13. The van der Waals surface area contributed by atoms with Crippen molar-refractivity contribution in [1.29, 1.82) is 0 Å². The lowest BCUT2D eigenvalue weighted by atomic mass is 9.99. The number of amides is 2. The van der Waals surface area contributed by atoms with Gasteiger partial charge in [0.05, 0.1) is 18.2 Å². The van der Waals surface area contributed by atoms with Gasteiger partial charge in [-0.05, 0) is 43.7 Å². The van der Waals surface area contributed by atoms with Crippen molar-refractivity contribution >= 4 is 11.8 Å². The van der Waals surface area contributed by atoms with Gasteiger partial charge in [-0.15, -0.1) is 0 Å². The molecule has 0 spiro atoms. The molecule has 1 N–H and O–H groups in total. The van der Waals surface area contributed by atoms with Crippen molar-refractivity contribution in [1.82, 2.24) is 15.1 Å². The zero-order valence-corrected chi connectivity index (χ0v) is 18.9. The molecule has 3 rings (SSSR count). The van der Waals surface area contributed by atoms with Crippen molar-refractivity contribution in [2.75, 3.05) is 26.2 Å². The number of carbonyl (C=O) groups excluding carboxylic acids is 2. The number of morpholine rings is 1. The lowest BCUT2D eigenvalue weighted by molar-refractivity contribution is -0.136. The number of nitrogens with zero attached hydrogens (tertiary/aromatic N) is 2. The normalized spacial score (nSPS) is 23.2. The largest absolute Gasteiger partial charge is 0.373 e. The third-order valence-electron chi connectivity index (χ3n) is 6.09. The van der Waals surface area contributed by atoms with Crippen molar-refractivity contribution < 1.29 is 14.3 Å². The first kappa shape index (κ1) is 22.8. The molecule has 1 fully saturated rings. The maximum absolute atomic E-state index is 12.9. The molecule has 2 aliphatic heterocycles. The van der Waals surface area contributed by atoms with Crippen LogP contribution >= 0.6 is 0 Å². The molecule has 0 aromatic heterocycles. The van der Waals surface area contributed by atoms with Crippen LogP contribution in [0.25, 0.3) is 0 Å². The van der Waals surface area contributed by atoms with E-state index in [1.807, 2.05) is 11.0 Å². The predicted octanol–water partition coefficient (Wildman–Crippen LogP) is 2.60. The van der Waals surface area contributed by atoms with E-state index in [1.54, 1.807) is 0 Å². The fraction of sp³-hybridized carbons (Fsp3) is 0.667. The van der Waals surface area contributed by atoms with Gasteiger partial charge in [0.15, 0.2) is 0 Å². The predicted molar refractivity (Wildman–Crippen MR) is 118 cm³/mol. The van der Waals surface area contributed by atoms with Crippen LogP contribution in [0.4, 0.5) is 0 Å². The van der Waals surface area contributed by atoms with Gasteiger partial charge in [-0.25, -0.2) is 0 Å². The summed E-state index contributed by atoms with van der Waals surface area (Å²) in [5.41, 5.74) is 2.60. The molecule has 2 heterocycles. The average molecular weight is 416 g/mol. The standard InChI is InChI=1S/C24H37N3O3/c1-17(2)23(27-14-18(3)30-19(4)15-27)24(29)25-12-7-10-22(28)26-13-11-20-8-5-6-9-21(20)16-26/h5-6,8-9,17-19,23H,7,10-16H2,1-4H3,(H,25,29). The van der Waals surface area contributed by atoms with Crippen LogP contribution in [0.15, 0.2) is 24.3 Å². The van der Waals surface area contributed by atoms with Gasteiger partial charge in [0.25, 0.3) is 0 Å². The first-order valence-electron chi connectivity index (χ1n) is 11.4. The number of benzene rings is 1. The number of carbonyl (C=O) groups is 2. The van der Waals surface area contributed by atoms with Crippen LogP contribution in [0, 0.1) is 5.92 Å². The number of fused-ring (bicyclic) bond motifs is 1. The van der Waals surface area contributed by atoms with E-state index in [0.717, 1.165) is 26.1 Å². The van der Waals surface area contributed by atoms with Gasteiger partial charge in [0.1, 0.15) is 0 Å². The Hall–Kier alpha value is -1.92. The molecule has 2 aliphatic rings. The molecule has 1 aromatic rings. The summed E-state index contributed by atoms with van der Waals surface area (Å²) in [5.74, 6) is 0.457. The fourth-order valence-electron chi connectivity index (χ4n) is 4.76. The SMILES string of the molecule is CC1CN(C(C(=O)NCCCC(=O)N2CCc3ccccc3C2)C(C)C)CC(C)O1. The number of ether oxygens (including phenoxy) is 1. The van der Waals surface area contributed by atoms with Crippen LogP contribution < -0.4 is 5.32 Å². The molecule has 3 atom stereocenters. The lowest BCUT2D eigenvalue weighted by Crippen LogP contribution is -2.57. The number of hydrogen-bond acceptors (Lipinski definition) is 4. The zero-order chi connectivity index (χ0) is 21.7. The summed E-state index contributed by atoms with van der Waals surface area (Å²) in [6.07, 6.45) is 2.33. The molecular formula is C24H37N3O3. The Morgan fingerprint density at radius 1 is 1.13 bits per heavy atom. The Labute approximate surface area is 180 Å². The number of rotatable bonds is 7. The van der Waals surface area contributed by atoms with Crippen LogP contribution in [0.1, 0.15) is 51.7 Å². The van der Waals surface area contributed by atoms with Crippen molar-refractivity contribution in [2.24, 2.45) is 5.92 Å². The molecule has 6 nitrogen and oxygen atoms in total. The quantitative estimate of drug-likeness (QED) is 0.696. The van der Waals surface area contributed by atoms with Crippen LogP contribution in [-0.4, -0.2) is 66.0 Å². The minimum atomic E-state index is -0.159. The first-order valence-corrected chi connectivity index (χ1v) is 11.4. The third kappa shape index (κ3) is 5.82. The van der Waals surface area contributed by atoms with E-state index in [0.29, 0.717) is 25.9 Å². The van der Waals surface area contributed by atoms with Crippen LogP contribution in [0.2, 0.25) is 0 Å². The van der Waals surface area contributed by atoms with Crippen molar-refractivity contribution in [3.63, 3.8) is 0 Å². The molecule has 0 radical (unpaired) electrons.